The number of nitrogens with one attached hydrogen (secondary N) is 1. The van der Waals surface area contributed by atoms with Crippen molar-refractivity contribution in [1.29, 1.82) is 0 Å². The van der Waals surface area contributed by atoms with E-state index in [0.29, 0.717) is 5.92 Å². The summed E-state index contributed by atoms with van der Waals surface area (Å²) in [6, 6.07) is 8.41. The predicted molar refractivity (Wildman–Crippen MR) is 65.3 cm³/mol. The lowest BCUT2D eigenvalue weighted by atomic mass is 9.90. The minimum Gasteiger partial charge on any atom is -0.384 e. The molecule has 0 unspecified atom stereocenters. The number of piperidine rings is 1. The van der Waals surface area contributed by atoms with Crippen molar-refractivity contribution in [3.63, 3.8) is 0 Å². The molecule has 1 aromatic carbocycles. The highest BCUT2D eigenvalue weighted by atomic mass is 16.2. The van der Waals surface area contributed by atoms with Gasteiger partial charge in [0.25, 0.3) is 0 Å². The van der Waals surface area contributed by atoms with E-state index in [9.17, 15) is 0 Å². The Hall–Kier alpha value is -1.30. The molecule has 0 spiro atoms. The summed E-state index contributed by atoms with van der Waals surface area (Å²) in [7, 11) is 0. The second kappa shape index (κ2) is 5.69. The summed E-state index contributed by atoms with van der Waals surface area (Å²) >= 11 is 0. The van der Waals surface area contributed by atoms with Gasteiger partial charge >= 0.3 is 0 Å². The normalized spacial score (nSPS) is 16.6. The van der Waals surface area contributed by atoms with Crippen molar-refractivity contribution in [3.8, 4) is 11.8 Å². The molecule has 2 rings (SSSR count). The summed E-state index contributed by atoms with van der Waals surface area (Å²) in [5, 5.41) is 12.0. The lowest BCUT2D eigenvalue weighted by Crippen LogP contribution is -2.26. The van der Waals surface area contributed by atoms with Crippen molar-refractivity contribution in [2.24, 2.45) is 0 Å². The van der Waals surface area contributed by atoms with E-state index in [1.807, 2.05) is 12.1 Å². The fourth-order valence-corrected chi connectivity index (χ4v) is 2.14. The van der Waals surface area contributed by atoms with Crippen LogP contribution in [0.3, 0.4) is 0 Å². The standard InChI is InChI=1S/C14H17NO/c16-11-1-2-12-3-5-13(6-4-12)14-7-9-15-10-8-14/h3-6,14-16H,7-11H2. The Labute approximate surface area is 96.7 Å². The summed E-state index contributed by atoms with van der Waals surface area (Å²) < 4.78 is 0. The second-order valence-electron chi connectivity index (χ2n) is 4.11. The average Bonchev–Trinajstić information content (AvgIpc) is 2.38. The maximum Gasteiger partial charge on any atom is 0.104 e. The van der Waals surface area contributed by atoms with Gasteiger partial charge in [0.05, 0.1) is 0 Å². The van der Waals surface area contributed by atoms with Crippen molar-refractivity contribution >= 4 is 0 Å². The van der Waals surface area contributed by atoms with Crippen molar-refractivity contribution in [2.75, 3.05) is 19.7 Å². The molecule has 2 N–H and O–H groups in total. The van der Waals surface area contributed by atoms with Gasteiger partial charge in [-0.3, -0.25) is 0 Å². The second-order valence-corrected chi connectivity index (χ2v) is 4.11. The third-order valence-corrected chi connectivity index (χ3v) is 3.03. The van der Waals surface area contributed by atoms with Crippen LogP contribution in [0.5, 0.6) is 0 Å². The van der Waals surface area contributed by atoms with Gasteiger partial charge in [-0.25, -0.2) is 0 Å². The molecule has 16 heavy (non-hydrogen) atoms. The minimum atomic E-state index is -0.0734. The summed E-state index contributed by atoms with van der Waals surface area (Å²) in [6.45, 7) is 2.17. The van der Waals surface area contributed by atoms with E-state index in [4.69, 9.17) is 5.11 Å². The number of hydrogen-bond donors (Lipinski definition) is 2. The van der Waals surface area contributed by atoms with Crippen molar-refractivity contribution in [3.05, 3.63) is 35.4 Å². The summed E-state index contributed by atoms with van der Waals surface area (Å²) in [5.41, 5.74) is 2.39. The maximum absolute atomic E-state index is 8.61. The minimum absolute atomic E-state index is 0.0734. The molecule has 1 aliphatic rings. The molecule has 1 fully saturated rings. The van der Waals surface area contributed by atoms with Gasteiger partial charge < -0.3 is 10.4 Å². The van der Waals surface area contributed by atoms with E-state index < -0.39 is 0 Å². The molecule has 1 heterocycles. The van der Waals surface area contributed by atoms with Crippen molar-refractivity contribution < 1.29 is 5.11 Å². The zero-order valence-corrected chi connectivity index (χ0v) is 9.37. The highest BCUT2D eigenvalue weighted by Crippen LogP contribution is 2.24. The number of benzene rings is 1. The van der Waals surface area contributed by atoms with Crippen molar-refractivity contribution in [1.82, 2.24) is 5.32 Å². The van der Waals surface area contributed by atoms with Crippen LogP contribution in [0.4, 0.5) is 0 Å². The third-order valence-electron chi connectivity index (χ3n) is 3.03. The molecule has 0 amide bonds. The monoisotopic (exact) mass is 215 g/mol. The summed E-state index contributed by atoms with van der Waals surface area (Å²) in [5.74, 6) is 6.27. The van der Waals surface area contributed by atoms with Crippen LogP contribution in [0, 0.1) is 11.8 Å². The summed E-state index contributed by atoms with van der Waals surface area (Å²) in [6.07, 6.45) is 2.45. The lowest BCUT2D eigenvalue weighted by Gasteiger charge is -2.22. The number of hydrogen-bond acceptors (Lipinski definition) is 2. The van der Waals surface area contributed by atoms with Crippen LogP contribution in [-0.4, -0.2) is 24.8 Å². The molecule has 2 nitrogen and oxygen atoms in total. The molecular weight excluding hydrogens is 198 g/mol. The van der Waals surface area contributed by atoms with Crippen LogP contribution in [0.1, 0.15) is 29.9 Å². The SMILES string of the molecule is OCC#Cc1ccc(C2CCNCC2)cc1. The molecule has 0 saturated carbocycles. The van der Waals surface area contributed by atoms with E-state index >= 15 is 0 Å². The highest BCUT2D eigenvalue weighted by Gasteiger charge is 2.14. The molecule has 1 saturated heterocycles. The smallest absolute Gasteiger partial charge is 0.104 e. The predicted octanol–water partition coefficient (Wildman–Crippen LogP) is 1.50. The molecule has 2 heteroatoms. The van der Waals surface area contributed by atoms with Crippen LogP contribution in [0.15, 0.2) is 24.3 Å². The van der Waals surface area contributed by atoms with Crippen molar-refractivity contribution in [2.45, 2.75) is 18.8 Å². The number of aliphatic hydroxyl groups is 1. The van der Waals surface area contributed by atoms with Gasteiger partial charge in [0.15, 0.2) is 0 Å². The Morgan fingerprint density at radius 1 is 1.19 bits per heavy atom. The van der Waals surface area contributed by atoms with Crippen LogP contribution >= 0.6 is 0 Å². The zero-order valence-electron chi connectivity index (χ0n) is 9.37. The largest absolute Gasteiger partial charge is 0.384 e. The molecule has 0 aliphatic carbocycles. The maximum atomic E-state index is 8.61. The molecule has 1 aromatic rings. The first-order valence-corrected chi connectivity index (χ1v) is 5.80. The van der Waals surface area contributed by atoms with Gasteiger partial charge in [-0.15, -0.1) is 0 Å². The highest BCUT2D eigenvalue weighted by molar-refractivity contribution is 5.37. The Bertz CT molecular complexity index is 379. The Kier molecular flexibility index (Phi) is 3.98. The van der Waals surface area contributed by atoms with E-state index in [1.165, 1.54) is 18.4 Å². The first kappa shape index (κ1) is 11.2. The number of rotatable bonds is 1. The zero-order chi connectivity index (χ0) is 11.2. The van der Waals surface area contributed by atoms with Crippen LogP contribution in [-0.2, 0) is 0 Å². The quantitative estimate of drug-likeness (QED) is 0.696. The molecule has 0 aromatic heterocycles. The Morgan fingerprint density at radius 2 is 1.88 bits per heavy atom. The summed E-state index contributed by atoms with van der Waals surface area (Å²) in [4.78, 5) is 0. The van der Waals surface area contributed by atoms with E-state index in [1.54, 1.807) is 0 Å². The van der Waals surface area contributed by atoms with Gasteiger partial charge in [0, 0.05) is 5.56 Å². The van der Waals surface area contributed by atoms with Gasteiger partial charge in [-0.1, -0.05) is 24.0 Å². The topological polar surface area (TPSA) is 32.3 Å². The molecule has 0 bridgehead atoms. The number of aliphatic hydroxyl groups excluding tert-OH is 1. The van der Waals surface area contributed by atoms with E-state index in [2.05, 4.69) is 29.3 Å². The first-order chi connectivity index (χ1) is 7.90. The third kappa shape index (κ3) is 2.85. The molecule has 0 radical (unpaired) electrons. The lowest BCUT2D eigenvalue weighted by molar-refractivity contribution is 0.350. The van der Waals surface area contributed by atoms with E-state index in [0.717, 1.165) is 18.7 Å². The van der Waals surface area contributed by atoms with Gasteiger partial charge in [0.2, 0.25) is 0 Å². The Balaban J connectivity index is 2.06. The molecule has 0 atom stereocenters. The fourth-order valence-electron chi connectivity index (χ4n) is 2.14. The van der Waals surface area contributed by atoms with Gasteiger partial charge in [-0.2, -0.15) is 0 Å². The fraction of sp³-hybridized carbons (Fsp3) is 0.429. The van der Waals surface area contributed by atoms with Crippen LogP contribution < -0.4 is 5.32 Å². The van der Waals surface area contributed by atoms with Crippen LogP contribution in [0.2, 0.25) is 0 Å². The van der Waals surface area contributed by atoms with Crippen LogP contribution in [0.25, 0.3) is 0 Å². The van der Waals surface area contributed by atoms with Gasteiger partial charge in [0.1, 0.15) is 6.61 Å². The molecular formula is C14H17NO. The van der Waals surface area contributed by atoms with Gasteiger partial charge in [-0.05, 0) is 49.5 Å². The Morgan fingerprint density at radius 3 is 2.50 bits per heavy atom. The first-order valence-electron chi connectivity index (χ1n) is 5.80. The molecule has 84 valence electrons. The average molecular weight is 215 g/mol. The van der Waals surface area contributed by atoms with E-state index in [-0.39, 0.29) is 6.61 Å². The molecule has 1 aliphatic heterocycles.